The number of allylic oxidation sites excluding steroid dienone is 3. The molecule has 4 aliphatic carbocycles. The molecule has 0 bridgehead atoms. The Kier molecular flexibility index (Phi) is 5.38. The normalized spacial score (nSPS) is 47.1. The van der Waals surface area contributed by atoms with Gasteiger partial charge in [-0.1, -0.05) is 56.9 Å². The molecule has 0 spiro atoms. The van der Waals surface area contributed by atoms with E-state index in [9.17, 15) is 5.11 Å². The number of unbranched alkanes of at least 4 members (excludes halogenated alkanes) is 2. The molecule has 0 amide bonds. The van der Waals surface area contributed by atoms with Crippen molar-refractivity contribution in [3.05, 3.63) is 23.3 Å². The van der Waals surface area contributed by atoms with Gasteiger partial charge < -0.3 is 5.11 Å². The maximum absolute atomic E-state index is 10.2. The van der Waals surface area contributed by atoms with Crippen molar-refractivity contribution < 1.29 is 5.11 Å². The lowest BCUT2D eigenvalue weighted by atomic mass is 9.47. The van der Waals surface area contributed by atoms with E-state index in [1.54, 1.807) is 11.1 Å². The molecule has 3 saturated carbocycles. The molecule has 0 radical (unpaired) electrons. The first kappa shape index (κ1) is 19.7. The van der Waals surface area contributed by atoms with Crippen LogP contribution in [0.4, 0.5) is 0 Å². The van der Waals surface area contributed by atoms with Crippen LogP contribution in [-0.2, 0) is 0 Å². The molecule has 7 atom stereocenters. The Morgan fingerprint density at radius 1 is 1.15 bits per heavy atom. The predicted octanol–water partition coefficient (Wildman–Crippen LogP) is 7.06. The molecule has 0 unspecified atom stereocenters. The molecule has 4 rings (SSSR count). The van der Waals surface area contributed by atoms with Gasteiger partial charge in [-0.05, 0) is 99.2 Å². The maximum Gasteiger partial charge on any atom is 0.0577 e. The largest absolute Gasteiger partial charge is 0.393 e. The van der Waals surface area contributed by atoms with Crippen LogP contribution in [0, 0.1) is 34.5 Å². The van der Waals surface area contributed by atoms with Gasteiger partial charge in [0.15, 0.2) is 0 Å². The standard InChI is InChI=1S/C26H42O/c1-5-6-7-8-18(2)22-11-12-23-21-10-9-19-17-20(27)13-15-25(19,3)24(21)14-16-26(22,23)4/h8-9,20-24,27H,5-7,10-17H2,1-4H3/b18-8+/t20-,21-,22+,23-,24-,25-,26+/m0/s1. The first-order chi connectivity index (χ1) is 12.9. The quantitative estimate of drug-likeness (QED) is 0.415. The Morgan fingerprint density at radius 3 is 2.74 bits per heavy atom. The van der Waals surface area contributed by atoms with E-state index in [-0.39, 0.29) is 6.10 Å². The minimum absolute atomic E-state index is 0.0819. The van der Waals surface area contributed by atoms with Crippen LogP contribution >= 0.6 is 0 Å². The van der Waals surface area contributed by atoms with Crippen molar-refractivity contribution in [1.82, 2.24) is 0 Å². The van der Waals surface area contributed by atoms with E-state index in [1.807, 2.05) is 0 Å². The van der Waals surface area contributed by atoms with Gasteiger partial charge in [-0.15, -0.1) is 0 Å². The summed E-state index contributed by atoms with van der Waals surface area (Å²) < 4.78 is 0. The second-order valence-electron chi connectivity index (χ2n) is 10.9. The highest BCUT2D eigenvalue weighted by molar-refractivity contribution is 5.26. The third-order valence-electron chi connectivity index (χ3n) is 9.65. The molecule has 27 heavy (non-hydrogen) atoms. The molecule has 1 nitrogen and oxygen atoms in total. The molecular weight excluding hydrogens is 328 g/mol. The summed E-state index contributed by atoms with van der Waals surface area (Å²) in [6, 6.07) is 0. The zero-order chi connectivity index (χ0) is 19.2. The van der Waals surface area contributed by atoms with Gasteiger partial charge in [-0.25, -0.2) is 0 Å². The first-order valence-corrected chi connectivity index (χ1v) is 11.9. The minimum atomic E-state index is -0.0819. The SMILES string of the molecule is CCCC/C=C(\C)[C@H]1CC[C@H]2[C@@H]3CC=C4C[C@@H](O)CC[C@]4(C)[C@H]3CC[C@]12C. The van der Waals surface area contributed by atoms with Gasteiger partial charge in [0.2, 0.25) is 0 Å². The van der Waals surface area contributed by atoms with Gasteiger partial charge in [0.25, 0.3) is 0 Å². The third-order valence-corrected chi connectivity index (χ3v) is 9.65. The van der Waals surface area contributed by atoms with Crippen molar-refractivity contribution in [2.75, 3.05) is 0 Å². The lowest BCUT2D eigenvalue weighted by Gasteiger charge is -2.58. The van der Waals surface area contributed by atoms with E-state index in [0.717, 1.165) is 36.5 Å². The van der Waals surface area contributed by atoms with Gasteiger partial charge in [-0.2, -0.15) is 0 Å². The number of hydrogen-bond acceptors (Lipinski definition) is 1. The second kappa shape index (κ2) is 7.36. The van der Waals surface area contributed by atoms with Crippen LogP contribution in [0.25, 0.3) is 0 Å². The summed E-state index contributed by atoms with van der Waals surface area (Å²) in [7, 11) is 0. The molecule has 4 aliphatic rings. The van der Waals surface area contributed by atoms with E-state index in [0.29, 0.717) is 10.8 Å². The molecule has 0 aromatic heterocycles. The van der Waals surface area contributed by atoms with Crippen LogP contribution in [-0.4, -0.2) is 11.2 Å². The molecule has 0 aromatic rings. The molecule has 0 saturated heterocycles. The van der Waals surface area contributed by atoms with Crippen LogP contribution in [0.2, 0.25) is 0 Å². The Morgan fingerprint density at radius 2 is 1.96 bits per heavy atom. The van der Waals surface area contributed by atoms with Crippen molar-refractivity contribution in [2.45, 2.75) is 104 Å². The van der Waals surface area contributed by atoms with E-state index < -0.39 is 0 Å². The predicted molar refractivity (Wildman–Crippen MR) is 114 cm³/mol. The minimum Gasteiger partial charge on any atom is -0.393 e. The second-order valence-corrected chi connectivity index (χ2v) is 10.9. The van der Waals surface area contributed by atoms with Crippen LogP contribution in [0.3, 0.4) is 0 Å². The fourth-order valence-corrected chi connectivity index (χ4v) is 8.07. The smallest absolute Gasteiger partial charge is 0.0577 e. The maximum atomic E-state index is 10.2. The van der Waals surface area contributed by atoms with Crippen molar-refractivity contribution in [3.63, 3.8) is 0 Å². The lowest BCUT2D eigenvalue weighted by molar-refractivity contribution is -0.0454. The Hall–Kier alpha value is -0.560. The van der Waals surface area contributed by atoms with Crippen molar-refractivity contribution in [2.24, 2.45) is 34.5 Å². The Labute approximate surface area is 167 Å². The van der Waals surface area contributed by atoms with Gasteiger partial charge in [0.1, 0.15) is 0 Å². The number of aliphatic hydroxyl groups is 1. The number of aliphatic hydroxyl groups excluding tert-OH is 1. The lowest BCUT2D eigenvalue weighted by Crippen LogP contribution is -2.50. The summed E-state index contributed by atoms with van der Waals surface area (Å²) in [5, 5.41) is 10.2. The fourth-order valence-electron chi connectivity index (χ4n) is 8.07. The van der Waals surface area contributed by atoms with Crippen molar-refractivity contribution in [3.8, 4) is 0 Å². The van der Waals surface area contributed by atoms with E-state index in [1.165, 1.54) is 57.8 Å². The molecule has 0 heterocycles. The first-order valence-electron chi connectivity index (χ1n) is 11.9. The average molecular weight is 371 g/mol. The summed E-state index contributed by atoms with van der Waals surface area (Å²) in [5.41, 5.74) is 4.22. The average Bonchev–Trinajstić information content (AvgIpc) is 3.00. The highest BCUT2D eigenvalue weighted by Gasteiger charge is 2.58. The van der Waals surface area contributed by atoms with Crippen LogP contribution in [0.5, 0.6) is 0 Å². The van der Waals surface area contributed by atoms with Crippen LogP contribution in [0.1, 0.15) is 98.3 Å². The van der Waals surface area contributed by atoms with Crippen molar-refractivity contribution >= 4 is 0 Å². The zero-order valence-corrected chi connectivity index (χ0v) is 18.3. The third kappa shape index (κ3) is 3.17. The molecule has 1 heteroatoms. The molecular formula is C26H42O. The molecule has 3 fully saturated rings. The monoisotopic (exact) mass is 370 g/mol. The molecule has 0 aromatic carbocycles. The topological polar surface area (TPSA) is 20.2 Å². The van der Waals surface area contributed by atoms with Gasteiger partial charge in [-0.3, -0.25) is 0 Å². The van der Waals surface area contributed by atoms with Crippen molar-refractivity contribution in [1.29, 1.82) is 0 Å². The molecule has 0 aliphatic heterocycles. The Bertz CT molecular complexity index is 616. The summed E-state index contributed by atoms with van der Waals surface area (Å²) in [6.07, 6.45) is 19.2. The molecule has 152 valence electrons. The number of hydrogen-bond donors (Lipinski definition) is 1. The fraction of sp³-hybridized carbons (Fsp3) is 0.846. The van der Waals surface area contributed by atoms with E-state index in [2.05, 4.69) is 39.8 Å². The van der Waals surface area contributed by atoms with Gasteiger partial charge in [0.05, 0.1) is 6.10 Å². The Balaban J connectivity index is 1.56. The number of fused-ring (bicyclic) bond motifs is 5. The number of rotatable bonds is 4. The van der Waals surface area contributed by atoms with Crippen LogP contribution in [0.15, 0.2) is 23.3 Å². The summed E-state index contributed by atoms with van der Waals surface area (Å²) >= 11 is 0. The summed E-state index contributed by atoms with van der Waals surface area (Å²) in [6.45, 7) is 9.93. The van der Waals surface area contributed by atoms with Gasteiger partial charge in [0, 0.05) is 0 Å². The van der Waals surface area contributed by atoms with E-state index in [4.69, 9.17) is 0 Å². The molecule has 1 N–H and O–H groups in total. The highest BCUT2D eigenvalue weighted by atomic mass is 16.3. The van der Waals surface area contributed by atoms with Gasteiger partial charge >= 0.3 is 0 Å². The summed E-state index contributed by atoms with van der Waals surface area (Å²) in [5.74, 6) is 3.50. The van der Waals surface area contributed by atoms with Crippen LogP contribution < -0.4 is 0 Å². The highest BCUT2D eigenvalue weighted by Crippen LogP contribution is 2.67. The zero-order valence-electron chi connectivity index (χ0n) is 18.3. The van der Waals surface area contributed by atoms with E-state index >= 15 is 0 Å². The summed E-state index contributed by atoms with van der Waals surface area (Å²) in [4.78, 5) is 0.